The average Bonchev–Trinajstić information content (AvgIpc) is 3.26. The van der Waals surface area contributed by atoms with Gasteiger partial charge in [0.05, 0.1) is 48.0 Å². The van der Waals surface area contributed by atoms with E-state index in [0.29, 0.717) is 30.1 Å². The molecule has 1 aliphatic rings. The number of carbonyl (C=O) groups excluding carboxylic acids is 1. The van der Waals surface area contributed by atoms with E-state index in [1.807, 2.05) is 38.2 Å². The first kappa shape index (κ1) is 26.3. The van der Waals surface area contributed by atoms with E-state index < -0.39 is 0 Å². The average molecular weight is 483 g/mol. The third-order valence-corrected chi connectivity index (χ3v) is 6.36. The molecule has 35 heavy (non-hydrogen) atoms. The van der Waals surface area contributed by atoms with E-state index in [9.17, 15) is 9.59 Å². The predicted octanol–water partition coefficient (Wildman–Crippen LogP) is 2.42. The summed E-state index contributed by atoms with van der Waals surface area (Å²) in [5, 5.41) is 1.44. The number of pyridine rings is 2. The van der Waals surface area contributed by atoms with Crippen molar-refractivity contribution >= 4 is 17.4 Å². The highest BCUT2D eigenvalue weighted by Crippen LogP contribution is 2.29. The molecule has 1 atom stereocenters. The summed E-state index contributed by atoms with van der Waals surface area (Å²) < 4.78 is 6.73. The number of likely N-dealkylation sites (N-methyl/N-ethyl adjacent to an activating group) is 1. The van der Waals surface area contributed by atoms with Crippen molar-refractivity contribution in [1.29, 1.82) is 0 Å². The molecule has 1 saturated heterocycles. The lowest BCUT2D eigenvalue weighted by molar-refractivity contribution is -0.144. The minimum atomic E-state index is -0.139. The molecular formula is C26H38N6O3. The van der Waals surface area contributed by atoms with Crippen LogP contribution in [-0.2, 0) is 22.5 Å². The highest BCUT2D eigenvalue weighted by atomic mass is 16.5. The van der Waals surface area contributed by atoms with E-state index in [1.165, 1.54) is 5.01 Å². The fraction of sp³-hybridized carbons (Fsp3) is 0.500. The molecule has 1 unspecified atom stereocenters. The van der Waals surface area contributed by atoms with Crippen LogP contribution in [0.5, 0.6) is 0 Å². The molecule has 3 heterocycles. The van der Waals surface area contributed by atoms with Crippen LogP contribution in [0.4, 0.5) is 5.69 Å². The van der Waals surface area contributed by atoms with Gasteiger partial charge in [0.1, 0.15) is 0 Å². The molecule has 2 aromatic rings. The maximum absolute atomic E-state index is 12.5. The quantitative estimate of drug-likeness (QED) is 0.301. The summed E-state index contributed by atoms with van der Waals surface area (Å²) in [6.07, 6.45) is 5.14. The number of hydrogen-bond donors (Lipinski definition) is 2. The maximum atomic E-state index is 12.5. The SMILES string of the molecule is CCCc1ccc(=O)n(C/C(=C(/N)c2ccc(N3CCC(CC(=O)OCC)C3)c(C)n2)N(C)N)c1. The molecule has 2 aromatic heterocycles. The third kappa shape index (κ3) is 6.63. The standard InChI is InChI=1S/C26H38N6O3/c1-5-7-19-8-11-24(33)32(15-19)17-23(30(4)28)26(27)21-9-10-22(18(3)29-21)31-13-12-20(16-31)14-25(34)35-6-2/h8-11,15,20H,5-7,12-14,16-17,27-28H2,1-4H3/b26-23-. The third-order valence-electron chi connectivity index (χ3n) is 6.36. The first-order valence-corrected chi connectivity index (χ1v) is 12.3. The molecule has 9 heteroatoms. The van der Waals surface area contributed by atoms with Gasteiger partial charge >= 0.3 is 5.97 Å². The summed E-state index contributed by atoms with van der Waals surface area (Å²) in [5.74, 6) is 6.26. The molecule has 0 saturated carbocycles. The van der Waals surface area contributed by atoms with Gasteiger partial charge in [-0.2, -0.15) is 0 Å². The number of rotatable bonds is 10. The van der Waals surface area contributed by atoms with E-state index in [-0.39, 0.29) is 24.0 Å². The van der Waals surface area contributed by atoms with Gasteiger partial charge in [0.25, 0.3) is 5.56 Å². The second-order valence-corrected chi connectivity index (χ2v) is 9.14. The van der Waals surface area contributed by atoms with Gasteiger partial charge in [-0.25, -0.2) is 10.8 Å². The summed E-state index contributed by atoms with van der Waals surface area (Å²) in [6.45, 7) is 8.20. The molecular weight excluding hydrogens is 444 g/mol. The molecule has 0 radical (unpaired) electrons. The van der Waals surface area contributed by atoms with Crippen LogP contribution in [0.2, 0.25) is 0 Å². The van der Waals surface area contributed by atoms with Crippen molar-refractivity contribution in [2.45, 2.75) is 53.0 Å². The molecule has 1 fully saturated rings. The number of aromatic nitrogens is 2. The molecule has 0 spiro atoms. The first-order chi connectivity index (χ1) is 16.7. The van der Waals surface area contributed by atoms with Crippen LogP contribution in [0.25, 0.3) is 5.70 Å². The summed E-state index contributed by atoms with van der Waals surface area (Å²) in [4.78, 5) is 31.3. The Bertz CT molecular complexity index is 1120. The van der Waals surface area contributed by atoms with Crippen molar-refractivity contribution in [3.63, 3.8) is 0 Å². The zero-order valence-corrected chi connectivity index (χ0v) is 21.3. The topological polar surface area (TPSA) is 120 Å². The number of carbonyl (C=O) groups is 1. The summed E-state index contributed by atoms with van der Waals surface area (Å²) in [7, 11) is 1.71. The van der Waals surface area contributed by atoms with Gasteiger partial charge in [0.2, 0.25) is 0 Å². The fourth-order valence-electron chi connectivity index (χ4n) is 4.55. The minimum Gasteiger partial charge on any atom is -0.466 e. The Labute approximate surface area is 207 Å². The maximum Gasteiger partial charge on any atom is 0.306 e. The number of allylic oxidation sites excluding steroid dienone is 1. The van der Waals surface area contributed by atoms with Gasteiger partial charge in [0, 0.05) is 32.4 Å². The van der Waals surface area contributed by atoms with Crippen molar-refractivity contribution in [2.75, 3.05) is 31.6 Å². The zero-order valence-electron chi connectivity index (χ0n) is 21.3. The van der Waals surface area contributed by atoms with Gasteiger partial charge in [-0.15, -0.1) is 0 Å². The van der Waals surface area contributed by atoms with Crippen LogP contribution < -0.4 is 22.0 Å². The van der Waals surface area contributed by atoms with Gasteiger partial charge < -0.3 is 24.9 Å². The number of nitrogens with two attached hydrogens (primary N) is 2. The van der Waals surface area contributed by atoms with Crippen molar-refractivity contribution < 1.29 is 9.53 Å². The van der Waals surface area contributed by atoms with Crippen LogP contribution in [-0.4, -0.2) is 47.3 Å². The molecule has 1 aliphatic heterocycles. The Kier molecular flexibility index (Phi) is 8.92. The van der Waals surface area contributed by atoms with Gasteiger partial charge in [-0.1, -0.05) is 19.4 Å². The van der Waals surface area contributed by atoms with Crippen molar-refractivity contribution in [3.8, 4) is 0 Å². The van der Waals surface area contributed by atoms with E-state index in [4.69, 9.17) is 21.3 Å². The van der Waals surface area contributed by atoms with Gasteiger partial charge in [-0.3, -0.25) is 9.59 Å². The van der Waals surface area contributed by atoms with E-state index in [0.717, 1.165) is 49.3 Å². The molecule has 190 valence electrons. The summed E-state index contributed by atoms with van der Waals surface area (Å²) in [6, 6.07) is 7.34. The Morgan fingerprint density at radius 1 is 1.26 bits per heavy atom. The lowest BCUT2D eigenvalue weighted by Gasteiger charge is -2.23. The fourth-order valence-corrected chi connectivity index (χ4v) is 4.55. The summed E-state index contributed by atoms with van der Waals surface area (Å²) in [5.41, 5.74) is 11.0. The molecule has 0 aliphatic carbocycles. The number of anilines is 1. The van der Waals surface area contributed by atoms with Crippen LogP contribution in [0.3, 0.4) is 0 Å². The van der Waals surface area contributed by atoms with Gasteiger partial charge in [0.15, 0.2) is 0 Å². The highest BCUT2D eigenvalue weighted by Gasteiger charge is 2.26. The number of esters is 1. The highest BCUT2D eigenvalue weighted by molar-refractivity contribution is 5.70. The molecule has 0 amide bonds. The molecule has 4 N–H and O–H groups in total. The second-order valence-electron chi connectivity index (χ2n) is 9.14. The number of nitrogens with zero attached hydrogens (tertiary/aromatic N) is 4. The number of ether oxygens (including phenoxy) is 1. The Morgan fingerprint density at radius 3 is 2.69 bits per heavy atom. The van der Waals surface area contributed by atoms with Crippen LogP contribution in [0.1, 0.15) is 50.1 Å². The van der Waals surface area contributed by atoms with Gasteiger partial charge in [-0.05, 0) is 50.3 Å². The zero-order chi connectivity index (χ0) is 25.5. The minimum absolute atomic E-state index is 0.108. The van der Waals surface area contributed by atoms with Crippen molar-refractivity contribution in [3.05, 3.63) is 63.5 Å². The van der Waals surface area contributed by atoms with Crippen LogP contribution in [0, 0.1) is 12.8 Å². The van der Waals surface area contributed by atoms with Crippen LogP contribution >= 0.6 is 0 Å². The monoisotopic (exact) mass is 482 g/mol. The number of hydrazine groups is 1. The molecule has 0 aromatic carbocycles. The van der Waals surface area contributed by atoms with E-state index in [1.54, 1.807) is 17.7 Å². The normalized spacial score (nSPS) is 16.3. The lowest BCUT2D eigenvalue weighted by atomic mass is 10.1. The van der Waals surface area contributed by atoms with Crippen LogP contribution in [0.15, 0.2) is 41.0 Å². The Morgan fingerprint density at radius 2 is 2.03 bits per heavy atom. The number of aryl methyl sites for hydroxylation is 2. The van der Waals surface area contributed by atoms with Crippen molar-refractivity contribution in [1.82, 2.24) is 14.6 Å². The predicted molar refractivity (Wildman–Crippen MR) is 138 cm³/mol. The molecule has 9 nitrogen and oxygen atoms in total. The first-order valence-electron chi connectivity index (χ1n) is 12.3. The number of hydrogen-bond acceptors (Lipinski definition) is 8. The molecule has 3 rings (SSSR count). The van der Waals surface area contributed by atoms with E-state index in [2.05, 4.69) is 11.8 Å². The smallest absolute Gasteiger partial charge is 0.306 e. The van der Waals surface area contributed by atoms with E-state index >= 15 is 0 Å². The lowest BCUT2D eigenvalue weighted by Crippen LogP contribution is -2.33. The second kappa shape index (κ2) is 11.9. The van der Waals surface area contributed by atoms with Crippen molar-refractivity contribution in [2.24, 2.45) is 17.5 Å². The largest absolute Gasteiger partial charge is 0.466 e. The Hall–Kier alpha value is -3.33. The summed E-state index contributed by atoms with van der Waals surface area (Å²) >= 11 is 0. The molecule has 0 bridgehead atoms. The Balaban J connectivity index is 1.81.